The van der Waals surface area contributed by atoms with Gasteiger partial charge in [-0.2, -0.15) is 0 Å². The maximum atomic E-state index is 6.17. The molecule has 0 saturated heterocycles. The molecule has 1 rings (SSSR count). The van der Waals surface area contributed by atoms with Gasteiger partial charge < -0.3 is 10.1 Å². The Morgan fingerprint density at radius 1 is 1.17 bits per heavy atom. The van der Waals surface area contributed by atoms with Crippen LogP contribution in [-0.4, -0.2) is 12.6 Å². The van der Waals surface area contributed by atoms with Gasteiger partial charge in [-0.25, -0.2) is 0 Å². The van der Waals surface area contributed by atoms with E-state index >= 15 is 0 Å². The lowest BCUT2D eigenvalue weighted by atomic mass is 10.1. The molecule has 0 fully saturated rings. The van der Waals surface area contributed by atoms with Gasteiger partial charge in [0.25, 0.3) is 0 Å². The van der Waals surface area contributed by atoms with Crippen molar-refractivity contribution in [1.82, 2.24) is 5.32 Å². The maximum Gasteiger partial charge on any atom is 0.127 e. The average Bonchev–Trinajstić information content (AvgIpc) is 2.38. The zero-order chi connectivity index (χ0) is 13.4. The summed E-state index contributed by atoms with van der Waals surface area (Å²) < 4.78 is 6.17. The fourth-order valence-electron chi connectivity index (χ4n) is 2.04. The molecule has 1 N–H and O–H groups in total. The van der Waals surface area contributed by atoms with Gasteiger partial charge in [-0.1, -0.05) is 39.0 Å². The fourth-order valence-corrected chi connectivity index (χ4v) is 2.04. The number of rotatable bonds is 8. The van der Waals surface area contributed by atoms with Crippen LogP contribution < -0.4 is 10.1 Å². The number of hydrogen-bond donors (Lipinski definition) is 1. The van der Waals surface area contributed by atoms with Crippen molar-refractivity contribution in [3.05, 3.63) is 29.3 Å². The molecule has 0 aliphatic heterocycles. The van der Waals surface area contributed by atoms with Crippen LogP contribution in [0.2, 0.25) is 0 Å². The van der Waals surface area contributed by atoms with Gasteiger partial charge >= 0.3 is 0 Å². The van der Waals surface area contributed by atoms with Crippen molar-refractivity contribution >= 4 is 0 Å². The number of benzene rings is 1. The van der Waals surface area contributed by atoms with Gasteiger partial charge in [0, 0.05) is 12.1 Å². The molecule has 0 aliphatic carbocycles. The number of ether oxygens (including phenoxy) is 1. The minimum atomic E-state index is 0.330. The number of aryl methyl sites for hydroxylation is 1. The first-order valence-electron chi connectivity index (χ1n) is 7.18. The van der Waals surface area contributed by atoms with E-state index in [0.29, 0.717) is 6.10 Å². The van der Waals surface area contributed by atoms with Crippen LogP contribution in [0.5, 0.6) is 5.75 Å². The standard InChI is InChI=1S/C16H27NO/c1-5-11-17-12-14-10-8-9-13(4)16(14)18-15(6-2)7-3/h8-10,15,17H,5-7,11-12H2,1-4H3. The summed E-state index contributed by atoms with van der Waals surface area (Å²) in [4.78, 5) is 0. The molecule has 0 heterocycles. The third-order valence-corrected chi connectivity index (χ3v) is 3.23. The minimum absolute atomic E-state index is 0.330. The second-order valence-corrected chi connectivity index (χ2v) is 4.80. The molecular weight excluding hydrogens is 222 g/mol. The van der Waals surface area contributed by atoms with Crippen molar-refractivity contribution in [1.29, 1.82) is 0 Å². The molecular formula is C16H27NO. The summed E-state index contributed by atoms with van der Waals surface area (Å²) in [6, 6.07) is 6.40. The van der Waals surface area contributed by atoms with E-state index in [1.54, 1.807) is 0 Å². The fraction of sp³-hybridized carbons (Fsp3) is 0.625. The van der Waals surface area contributed by atoms with Gasteiger partial charge in [0.15, 0.2) is 0 Å². The zero-order valence-corrected chi connectivity index (χ0v) is 12.3. The predicted octanol–water partition coefficient (Wildman–Crippen LogP) is 4.06. The quantitative estimate of drug-likeness (QED) is 0.701. The van der Waals surface area contributed by atoms with Crippen molar-refractivity contribution in [2.24, 2.45) is 0 Å². The van der Waals surface area contributed by atoms with Crippen LogP contribution in [0.3, 0.4) is 0 Å². The van der Waals surface area contributed by atoms with Crippen LogP contribution >= 0.6 is 0 Å². The van der Waals surface area contributed by atoms with E-state index in [2.05, 4.69) is 51.2 Å². The highest BCUT2D eigenvalue weighted by Gasteiger charge is 2.11. The second-order valence-electron chi connectivity index (χ2n) is 4.80. The molecule has 0 bridgehead atoms. The molecule has 2 nitrogen and oxygen atoms in total. The Balaban J connectivity index is 2.79. The maximum absolute atomic E-state index is 6.17. The molecule has 0 aromatic heterocycles. The van der Waals surface area contributed by atoms with E-state index in [4.69, 9.17) is 4.74 Å². The topological polar surface area (TPSA) is 21.3 Å². The molecule has 0 unspecified atom stereocenters. The average molecular weight is 249 g/mol. The third-order valence-electron chi connectivity index (χ3n) is 3.23. The van der Waals surface area contributed by atoms with E-state index in [9.17, 15) is 0 Å². The van der Waals surface area contributed by atoms with Crippen LogP contribution in [0.4, 0.5) is 0 Å². The Labute approximate surface area is 112 Å². The molecule has 18 heavy (non-hydrogen) atoms. The van der Waals surface area contributed by atoms with E-state index in [-0.39, 0.29) is 0 Å². The molecule has 1 aromatic rings. The number of hydrogen-bond acceptors (Lipinski definition) is 2. The highest BCUT2D eigenvalue weighted by Crippen LogP contribution is 2.25. The van der Waals surface area contributed by atoms with Gasteiger partial charge in [0.1, 0.15) is 5.75 Å². The first kappa shape index (κ1) is 15.0. The van der Waals surface area contributed by atoms with Crippen LogP contribution in [0.1, 0.15) is 51.2 Å². The largest absolute Gasteiger partial charge is 0.490 e. The minimum Gasteiger partial charge on any atom is -0.490 e. The predicted molar refractivity (Wildman–Crippen MR) is 78.2 cm³/mol. The molecule has 102 valence electrons. The first-order chi connectivity index (χ1) is 8.72. The lowest BCUT2D eigenvalue weighted by Gasteiger charge is -2.20. The van der Waals surface area contributed by atoms with E-state index in [0.717, 1.165) is 38.1 Å². The van der Waals surface area contributed by atoms with Crippen molar-refractivity contribution in [2.75, 3.05) is 6.54 Å². The summed E-state index contributed by atoms with van der Waals surface area (Å²) in [6.07, 6.45) is 3.62. The molecule has 0 radical (unpaired) electrons. The van der Waals surface area contributed by atoms with Crippen LogP contribution in [-0.2, 0) is 6.54 Å². The lowest BCUT2D eigenvalue weighted by molar-refractivity contribution is 0.189. The lowest BCUT2D eigenvalue weighted by Crippen LogP contribution is -2.18. The van der Waals surface area contributed by atoms with Crippen molar-refractivity contribution in [3.8, 4) is 5.75 Å². The highest BCUT2D eigenvalue weighted by molar-refractivity contribution is 5.40. The monoisotopic (exact) mass is 249 g/mol. The summed E-state index contributed by atoms with van der Waals surface area (Å²) >= 11 is 0. The van der Waals surface area contributed by atoms with Crippen LogP contribution in [0.25, 0.3) is 0 Å². The van der Waals surface area contributed by atoms with E-state index in [1.807, 2.05) is 0 Å². The summed E-state index contributed by atoms with van der Waals surface area (Å²) in [7, 11) is 0. The van der Waals surface area contributed by atoms with Crippen LogP contribution in [0.15, 0.2) is 18.2 Å². The summed E-state index contributed by atoms with van der Waals surface area (Å²) in [6.45, 7) is 10.6. The van der Waals surface area contributed by atoms with Gasteiger partial charge in [0.05, 0.1) is 6.10 Å². The van der Waals surface area contributed by atoms with Gasteiger partial charge in [-0.3, -0.25) is 0 Å². The van der Waals surface area contributed by atoms with E-state index in [1.165, 1.54) is 11.1 Å². The van der Waals surface area contributed by atoms with Crippen molar-refractivity contribution < 1.29 is 4.74 Å². The Morgan fingerprint density at radius 3 is 2.50 bits per heavy atom. The third kappa shape index (κ3) is 4.34. The summed E-state index contributed by atoms with van der Waals surface area (Å²) in [5.74, 6) is 1.08. The first-order valence-corrected chi connectivity index (χ1v) is 7.18. The summed E-state index contributed by atoms with van der Waals surface area (Å²) in [5, 5.41) is 3.45. The van der Waals surface area contributed by atoms with Gasteiger partial charge in [0.2, 0.25) is 0 Å². The molecule has 2 heteroatoms. The molecule has 1 aromatic carbocycles. The Morgan fingerprint density at radius 2 is 1.89 bits per heavy atom. The molecule has 0 spiro atoms. The Hall–Kier alpha value is -1.02. The Bertz CT molecular complexity index is 345. The summed E-state index contributed by atoms with van der Waals surface area (Å²) in [5.41, 5.74) is 2.51. The number of para-hydroxylation sites is 1. The molecule has 0 aliphatic rings. The SMILES string of the molecule is CCCNCc1cccc(C)c1OC(CC)CC. The normalized spacial score (nSPS) is 10.9. The molecule has 0 amide bonds. The number of nitrogens with one attached hydrogen (secondary N) is 1. The van der Waals surface area contributed by atoms with Gasteiger partial charge in [-0.15, -0.1) is 0 Å². The molecule has 0 saturated carbocycles. The zero-order valence-electron chi connectivity index (χ0n) is 12.3. The Kier molecular flexibility index (Phi) is 6.81. The van der Waals surface area contributed by atoms with Crippen LogP contribution in [0, 0.1) is 6.92 Å². The van der Waals surface area contributed by atoms with Gasteiger partial charge in [-0.05, 0) is 38.3 Å². The van der Waals surface area contributed by atoms with Crippen molar-refractivity contribution in [2.45, 2.75) is 59.6 Å². The smallest absolute Gasteiger partial charge is 0.127 e. The highest BCUT2D eigenvalue weighted by atomic mass is 16.5. The second kappa shape index (κ2) is 8.15. The molecule has 0 atom stereocenters. The van der Waals surface area contributed by atoms with E-state index < -0.39 is 0 Å². The van der Waals surface area contributed by atoms with Crippen molar-refractivity contribution in [3.63, 3.8) is 0 Å².